The summed E-state index contributed by atoms with van der Waals surface area (Å²) in [5, 5.41) is 2.60. The van der Waals surface area contributed by atoms with Crippen molar-refractivity contribution in [2.45, 2.75) is 6.42 Å². The molecule has 0 aliphatic heterocycles. The molecule has 0 fully saturated rings. The van der Waals surface area contributed by atoms with Gasteiger partial charge in [-0.3, -0.25) is 4.79 Å². The second-order valence-corrected chi connectivity index (χ2v) is 4.39. The van der Waals surface area contributed by atoms with Crippen molar-refractivity contribution < 1.29 is 9.18 Å². The fourth-order valence-corrected chi connectivity index (χ4v) is 1.89. The molecule has 1 N–H and O–H groups in total. The molecule has 2 aromatic rings. The first-order valence-electron chi connectivity index (χ1n) is 6.24. The van der Waals surface area contributed by atoms with E-state index in [1.54, 1.807) is 18.2 Å². The lowest BCUT2D eigenvalue weighted by molar-refractivity contribution is 0.0958. The van der Waals surface area contributed by atoms with Gasteiger partial charge in [-0.05, 0) is 41.8 Å². The van der Waals surface area contributed by atoms with Gasteiger partial charge < -0.3 is 5.32 Å². The van der Waals surface area contributed by atoms with Crippen LogP contribution in [0.25, 0.3) is 0 Å². The molecule has 0 aliphatic carbocycles. The van der Waals surface area contributed by atoms with E-state index < -0.39 is 0 Å². The number of hydrogen-bond acceptors (Lipinski definition) is 1. The van der Waals surface area contributed by atoms with E-state index in [0.717, 1.165) is 11.1 Å². The van der Waals surface area contributed by atoms with E-state index in [0.29, 0.717) is 12.0 Å². The van der Waals surface area contributed by atoms with E-state index in [9.17, 15) is 9.18 Å². The van der Waals surface area contributed by atoms with Gasteiger partial charge in [-0.25, -0.2) is 4.39 Å². The highest BCUT2D eigenvalue weighted by Crippen LogP contribution is 2.12. The van der Waals surface area contributed by atoms with Crippen LogP contribution in [0.5, 0.6) is 0 Å². The van der Waals surface area contributed by atoms with Gasteiger partial charge in [0.25, 0.3) is 5.91 Å². The summed E-state index contributed by atoms with van der Waals surface area (Å²) in [6, 6.07) is 13.7. The minimum Gasteiger partial charge on any atom is -0.341 e. The highest BCUT2D eigenvalue weighted by Gasteiger charge is 2.04. The van der Waals surface area contributed by atoms with Crippen LogP contribution in [0.15, 0.2) is 48.5 Å². The zero-order valence-electron chi connectivity index (χ0n) is 10.9. The lowest BCUT2D eigenvalue weighted by atomic mass is 10.0. The first kappa shape index (κ1) is 13.8. The third-order valence-corrected chi connectivity index (χ3v) is 2.86. The zero-order valence-corrected chi connectivity index (χ0v) is 10.9. The van der Waals surface area contributed by atoms with Crippen LogP contribution in [0.3, 0.4) is 0 Å². The Labute approximate surface area is 117 Å². The second-order valence-electron chi connectivity index (χ2n) is 4.39. The van der Waals surface area contributed by atoms with Crippen LogP contribution < -0.4 is 5.32 Å². The fourth-order valence-electron chi connectivity index (χ4n) is 1.89. The second kappa shape index (κ2) is 6.53. The Bertz CT molecular complexity index is 641. The molecule has 2 rings (SSSR count). The van der Waals surface area contributed by atoms with Crippen LogP contribution >= 0.6 is 0 Å². The molecule has 0 unspecified atom stereocenters. The topological polar surface area (TPSA) is 29.1 Å². The lowest BCUT2D eigenvalue weighted by Crippen LogP contribution is -2.23. The summed E-state index contributed by atoms with van der Waals surface area (Å²) in [4.78, 5) is 11.7. The van der Waals surface area contributed by atoms with Gasteiger partial charge in [-0.1, -0.05) is 30.2 Å². The van der Waals surface area contributed by atoms with E-state index in [1.165, 1.54) is 12.1 Å². The number of benzene rings is 2. The Kier molecular flexibility index (Phi) is 4.52. The van der Waals surface area contributed by atoms with Crippen molar-refractivity contribution in [3.05, 3.63) is 71.0 Å². The van der Waals surface area contributed by atoms with Gasteiger partial charge >= 0.3 is 0 Å². The summed E-state index contributed by atoms with van der Waals surface area (Å²) < 4.78 is 13.1. The largest absolute Gasteiger partial charge is 0.341 e. The maximum atomic E-state index is 13.1. The molecule has 0 aliphatic rings. The summed E-state index contributed by atoms with van der Waals surface area (Å²) in [5.74, 6) is 1.91. The van der Waals surface area contributed by atoms with E-state index in [-0.39, 0.29) is 18.3 Å². The quantitative estimate of drug-likeness (QED) is 0.848. The minimum atomic E-state index is -0.243. The van der Waals surface area contributed by atoms with Crippen molar-refractivity contribution in [3.8, 4) is 12.3 Å². The summed E-state index contributed by atoms with van der Waals surface area (Å²) in [6.07, 6.45) is 5.71. The molecule has 1 amide bonds. The van der Waals surface area contributed by atoms with E-state index in [2.05, 4.69) is 11.2 Å². The Morgan fingerprint density at radius 3 is 2.55 bits per heavy atom. The number of carbonyl (C=O) groups excluding carboxylic acids is 1. The third kappa shape index (κ3) is 3.69. The number of rotatable bonds is 4. The van der Waals surface area contributed by atoms with Gasteiger partial charge in [0.1, 0.15) is 5.82 Å². The number of carbonyl (C=O) groups is 1. The molecule has 0 heterocycles. The van der Waals surface area contributed by atoms with Gasteiger partial charge in [0.2, 0.25) is 0 Å². The van der Waals surface area contributed by atoms with Crippen LogP contribution in [0.1, 0.15) is 21.5 Å². The Morgan fingerprint density at radius 1 is 1.15 bits per heavy atom. The van der Waals surface area contributed by atoms with Crippen LogP contribution in [0.2, 0.25) is 0 Å². The molecule has 2 nitrogen and oxygen atoms in total. The summed E-state index contributed by atoms with van der Waals surface area (Å²) in [7, 11) is 0. The molecule has 100 valence electrons. The smallest absolute Gasteiger partial charge is 0.252 e. The van der Waals surface area contributed by atoms with Crippen LogP contribution in [-0.2, 0) is 6.42 Å². The minimum absolute atomic E-state index is 0.194. The molecule has 0 bridgehead atoms. The predicted molar refractivity (Wildman–Crippen MR) is 76.8 cm³/mol. The Morgan fingerprint density at radius 2 is 1.90 bits per heavy atom. The number of nitrogens with one attached hydrogen (secondary N) is 1. The van der Waals surface area contributed by atoms with Gasteiger partial charge in [-0.15, -0.1) is 6.42 Å². The first-order valence-corrected chi connectivity index (χ1v) is 6.24. The first-order chi connectivity index (χ1) is 9.69. The number of halogens is 1. The Hall–Kier alpha value is -2.60. The van der Waals surface area contributed by atoms with E-state index in [4.69, 9.17) is 6.42 Å². The van der Waals surface area contributed by atoms with Gasteiger partial charge in [0.05, 0.1) is 6.54 Å². The molecule has 2 aromatic carbocycles. The summed E-state index contributed by atoms with van der Waals surface area (Å²) >= 11 is 0. The molecule has 0 atom stereocenters. The number of terminal acetylenes is 1. The highest BCUT2D eigenvalue weighted by molar-refractivity contribution is 5.94. The predicted octanol–water partition coefficient (Wildman–Crippen LogP) is 2.78. The van der Waals surface area contributed by atoms with E-state index >= 15 is 0 Å². The molecular weight excluding hydrogens is 253 g/mol. The zero-order chi connectivity index (χ0) is 14.4. The van der Waals surface area contributed by atoms with Crippen molar-refractivity contribution in [1.29, 1.82) is 0 Å². The monoisotopic (exact) mass is 267 g/mol. The summed E-state index contributed by atoms with van der Waals surface area (Å²) in [6.45, 7) is 0.212. The molecular formula is C17H14FNO. The normalized spacial score (nSPS) is 9.80. The van der Waals surface area contributed by atoms with Crippen LogP contribution in [0, 0.1) is 18.2 Å². The van der Waals surface area contributed by atoms with Gasteiger partial charge in [-0.2, -0.15) is 0 Å². The average Bonchev–Trinajstić information content (AvgIpc) is 2.45. The molecule has 0 aromatic heterocycles. The van der Waals surface area contributed by atoms with Crippen molar-refractivity contribution in [3.63, 3.8) is 0 Å². The highest BCUT2D eigenvalue weighted by atomic mass is 19.1. The van der Waals surface area contributed by atoms with Crippen LogP contribution in [0.4, 0.5) is 4.39 Å². The lowest BCUT2D eigenvalue weighted by Gasteiger charge is -2.05. The van der Waals surface area contributed by atoms with Crippen molar-refractivity contribution in [2.24, 2.45) is 0 Å². The Balaban J connectivity index is 2.05. The van der Waals surface area contributed by atoms with Crippen molar-refractivity contribution >= 4 is 5.91 Å². The molecule has 0 radical (unpaired) electrons. The molecule has 0 spiro atoms. The fraction of sp³-hybridized carbons (Fsp3) is 0.118. The van der Waals surface area contributed by atoms with Gasteiger partial charge in [0, 0.05) is 5.56 Å². The molecule has 20 heavy (non-hydrogen) atoms. The summed E-state index contributed by atoms with van der Waals surface area (Å²) in [5.41, 5.74) is 2.47. The average molecular weight is 267 g/mol. The SMILES string of the molecule is C#CCNC(=O)c1ccc(Cc2cccc(F)c2)cc1. The van der Waals surface area contributed by atoms with Crippen molar-refractivity contribution in [2.75, 3.05) is 6.54 Å². The number of amides is 1. The van der Waals surface area contributed by atoms with Crippen LogP contribution in [-0.4, -0.2) is 12.5 Å². The standard InChI is InChI=1S/C17H14FNO/c1-2-10-19-17(20)15-8-6-13(7-9-15)11-14-4-3-5-16(18)12-14/h1,3-9,12H,10-11H2,(H,19,20). The van der Waals surface area contributed by atoms with Gasteiger partial charge in [0.15, 0.2) is 0 Å². The molecule has 3 heteroatoms. The maximum absolute atomic E-state index is 13.1. The van der Waals surface area contributed by atoms with Crippen molar-refractivity contribution in [1.82, 2.24) is 5.32 Å². The third-order valence-electron chi connectivity index (χ3n) is 2.86. The number of hydrogen-bond donors (Lipinski definition) is 1. The molecule has 0 saturated carbocycles. The molecule has 0 saturated heterocycles. The maximum Gasteiger partial charge on any atom is 0.252 e. The van der Waals surface area contributed by atoms with E-state index in [1.807, 2.05) is 18.2 Å².